The molecule has 0 saturated carbocycles. The van der Waals surface area contributed by atoms with Gasteiger partial charge in [0, 0.05) is 25.0 Å². The molecule has 1 aromatic carbocycles. The third-order valence-corrected chi connectivity index (χ3v) is 7.30. The second-order valence-electron chi connectivity index (χ2n) is 8.36. The van der Waals surface area contributed by atoms with E-state index in [0.29, 0.717) is 11.7 Å². The van der Waals surface area contributed by atoms with Crippen LogP contribution < -0.4 is 10.0 Å². The molecule has 8 nitrogen and oxygen atoms in total. The summed E-state index contributed by atoms with van der Waals surface area (Å²) in [6.45, 7) is 9.73. The topological polar surface area (TPSA) is 101 Å². The lowest BCUT2D eigenvalue weighted by molar-refractivity contribution is -0.118. The number of amides is 1. The van der Waals surface area contributed by atoms with E-state index >= 15 is 0 Å². The van der Waals surface area contributed by atoms with Gasteiger partial charge in [-0.3, -0.25) is 9.69 Å². The van der Waals surface area contributed by atoms with Crippen LogP contribution in [0.2, 0.25) is 0 Å². The van der Waals surface area contributed by atoms with Gasteiger partial charge in [0.2, 0.25) is 15.9 Å². The first kappa shape index (κ1) is 24.7. The quantitative estimate of drug-likeness (QED) is 0.598. The molecule has 176 valence electrons. The zero-order chi connectivity index (χ0) is 23.5. The third-order valence-electron chi connectivity index (χ3n) is 5.02. The molecule has 0 aliphatic carbocycles. The number of anilines is 1. The van der Waals surface area contributed by atoms with Crippen LogP contribution in [0.4, 0.5) is 9.52 Å². The fourth-order valence-corrected chi connectivity index (χ4v) is 5.78. The molecule has 1 aromatic heterocycles. The average Bonchev–Trinajstić information content (AvgIpc) is 3.11. The lowest BCUT2D eigenvalue weighted by atomic mass is 10.1. The van der Waals surface area contributed by atoms with Crippen molar-refractivity contribution in [2.75, 3.05) is 18.4 Å². The maximum absolute atomic E-state index is 14.0. The fourth-order valence-electron chi connectivity index (χ4n) is 3.65. The summed E-state index contributed by atoms with van der Waals surface area (Å²) in [7, 11) is -4.22. The predicted molar refractivity (Wildman–Crippen MR) is 121 cm³/mol. The van der Waals surface area contributed by atoms with Crippen LogP contribution in [0.3, 0.4) is 0 Å². The molecule has 0 radical (unpaired) electrons. The summed E-state index contributed by atoms with van der Waals surface area (Å²) in [4.78, 5) is 19.1. The number of halogens is 1. The summed E-state index contributed by atoms with van der Waals surface area (Å²) in [6.07, 6.45) is 0.289. The molecule has 0 bridgehead atoms. The fraction of sp³-hybridized carbons (Fsp3) is 0.524. The number of nitrogens with zero attached hydrogens (tertiary/aromatic N) is 2. The second kappa shape index (κ2) is 10.3. The molecule has 1 aliphatic heterocycles. The van der Waals surface area contributed by atoms with Crippen LogP contribution in [0.1, 0.15) is 33.4 Å². The smallest absolute Gasteiger partial charge is 0.244 e. The van der Waals surface area contributed by atoms with Crippen LogP contribution in [0, 0.1) is 11.7 Å². The van der Waals surface area contributed by atoms with Crippen LogP contribution >= 0.6 is 11.3 Å². The highest BCUT2D eigenvalue weighted by atomic mass is 32.2. The van der Waals surface area contributed by atoms with Crippen molar-refractivity contribution in [1.29, 1.82) is 0 Å². The maximum atomic E-state index is 14.0. The Kier molecular flexibility index (Phi) is 7.99. The number of ether oxygens (including phenoxy) is 1. The number of morpholine rings is 1. The van der Waals surface area contributed by atoms with Gasteiger partial charge in [-0.15, -0.1) is 11.3 Å². The van der Waals surface area contributed by atoms with E-state index in [1.54, 1.807) is 13.8 Å². The van der Waals surface area contributed by atoms with Gasteiger partial charge in [-0.25, -0.2) is 17.8 Å². The van der Waals surface area contributed by atoms with Gasteiger partial charge < -0.3 is 10.1 Å². The first-order chi connectivity index (χ1) is 15.0. The summed E-state index contributed by atoms with van der Waals surface area (Å²) in [5.41, 5.74) is 0.819. The minimum atomic E-state index is -4.22. The monoisotopic (exact) mass is 484 g/mol. The minimum absolute atomic E-state index is 0.144. The molecule has 1 amide bonds. The van der Waals surface area contributed by atoms with Crippen molar-refractivity contribution < 1.29 is 22.3 Å². The summed E-state index contributed by atoms with van der Waals surface area (Å²) >= 11 is 1.28. The Morgan fingerprint density at radius 3 is 2.56 bits per heavy atom. The number of nitrogens with one attached hydrogen (secondary N) is 2. The van der Waals surface area contributed by atoms with Crippen molar-refractivity contribution in [2.45, 2.75) is 57.4 Å². The van der Waals surface area contributed by atoms with Gasteiger partial charge in [-0.2, -0.15) is 4.72 Å². The Morgan fingerprint density at radius 1 is 1.28 bits per heavy atom. The highest BCUT2D eigenvalue weighted by molar-refractivity contribution is 7.89. The third kappa shape index (κ3) is 6.32. The number of aromatic nitrogens is 1. The number of carbonyl (C=O) groups is 1. The molecule has 3 atom stereocenters. The zero-order valence-electron chi connectivity index (χ0n) is 18.5. The normalized spacial score (nSPS) is 20.9. The molecular formula is C21H29FN4O4S2. The van der Waals surface area contributed by atoms with Crippen molar-refractivity contribution in [1.82, 2.24) is 14.6 Å². The molecular weight excluding hydrogens is 455 g/mol. The average molecular weight is 485 g/mol. The van der Waals surface area contributed by atoms with E-state index in [1.165, 1.54) is 23.5 Å². The van der Waals surface area contributed by atoms with Gasteiger partial charge in [-0.05, 0) is 31.9 Å². The lowest BCUT2D eigenvalue weighted by Gasteiger charge is -2.34. The summed E-state index contributed by atoms with van der Waals surface area (Å²) in [6, 6.07) is 3.96. The predicted octanol–water partition coefficient (Wildman–Crippen LogP) is 2.83. The molecule has 0 spiro atoms. The van der Waals surface area contributed by atoms with Gasteiger partial charge in [0.05, 0.1) is 17.9 Å². The Bertz CT molecular complexity index is 1030. The second-order valence-corrected chi connectivity index (χ2v) is 10.9. The SMILES string of the molecule is CC1CN(Cc2csc(NC(=O)[C@@H](NS(=O)(=O)c3ccccc3F)C(C)C)n2)CC(C)O1. The number of hydrogen-bond donors (Lipinski definition) is 2. The molecule has 1 aliphatic rings. The molecule has 11 heteroatoms. The standard InChI is InChI=1S/C21H29FN4O4S2/c1-13(2)19(25-32(28,29)18-8-6-5-7-17(18)22)20(27)24-21-23-16(12-31-21)11-26-9-14(3)30-15(4)10-26/h5-8,12-15,19,25H,9-11H2,1-4H3,(H,23,24,27)/t14?,15?,19-/m0/s1. The van der Waals surface area contributed by atoms with E-state index in [2.05, 4.69) is 19.9 Å². The van der Waals surface area contributed by atoms with E-state index in [1.807, 2.05) is 19.2 Å². The Labute approximate surface area is 192 Å². The Morgan fingerprint density at radius 2 is 1.94 bits per heavy atom. The van der Waals surface area contributed by atoms with Gasteiger partial charge in [-0.1, -0.05) is 26.0 Å². The first-order valence-electron chi connectivity index (χ1n) is 10.4. The molecule has 2 N–H and O–H groups in total. The molecule has 1 saturated heterocycles. The number of sulfonamides is 1. The van der Waals surface area contributed by atoms with Crippen LogP contribution in [0.5, 0.6) is 0 Å². The van der Waals surface area contributed by atoms with Crippen LogP contribution in [0.15, 0.2) is 34.5 Å². The highest BCUT2D eigenvalue weighted by Crippen LogP contribution is 2.21. The number of rotatable bonds is 8. The van der Waals surface area contributed by atoms with Gasteiger partial charge in [0.1, 0.15) is 16.8 Å². The van der Waals surface area contributed by atoms with Gasteiger partial charge >= 0.3 is 0 Å². The lowest BCUT2D eigenvalue weighted by Crippen LogP contribution is -2.47. The Hall–Kier alpha value is -1.92. The first-order valence-corrected chi connectivity index (χ1v) is 12.8. The van der Waals surface area contributed by atoms with Crippen molar-refractivity contribution in [3.05, 3.63) is 41.2 Å². The molecule has 2 heterocycles. The molecule has 2 aromatic rings. The van der Waals surface area contributed by atoms with Crippen LogP contribution in [0.25, 0.3) is 0 Å². The van der Waals surface area contributed by atoms with Gasteiger partial charge in [0.15, 0.2) is 5.13 Å². The number of thiazole rings is 1. The van der Waals surface area contributed by atoms with E-state index in [4.69, 9.17) is 4.74 Å². The zero-order valence-corrected chi connectivity index (χ0v) is 20.2. The van der Waals surface area contributed by atoms with Gasteiger partial charge in [0.25, 0.3) is 0 Å². The molecule has 1 fully saturated rings. The van der Waals surface area contributed by atoms with E-state index in [9.17, 15) is 17.6 Å². The molecule has 2 unspecified atom stereocenters. The highest BCUT2D eigenvalue weighted by Gasteiger charge is 2.30. The van der Waals surface area contributed by atoms with E-state index in [0.717, 1.165) is 30.9 Å². The van der Waals surface area contributed by atoms with E-state index < -0.39 is 32.7 Å². The van der Waals surface area contributed by atoms with Crippen molar-refractivity contribution in [3.8, 4) is 0 Å². The van der Waals surface area contributed by atoms with Crippen molar-refractivity contribution >= 4 is 32.4 Å². The van der Waals surface area contributed by atoms with Crippen molar-refractivity contribution in [2.24, 2.45) is 5.92 Å². The molecule has 32 heavy (non-hydrogen) atoms. The van der Waals surface area contributed by atoms with E-state index in [-0.39, 0.29) is 18.1 Å². The van der Waals surface area contributed by atoms with Crippen LogP contribution in [-0.4, -0.2) is 55.5 Å². The minimum Gasteiger partial charge on any atom is -0.373 e. The number of carbonyl (C=O) groups excluding carboxylic acids is 1. The Balaban J connectivity index is 1.66. The summed E-state index contributed by atoms with van der Waals surface area (Å²) in [5.74, 6) is -1.79. The summed E-state index contributed by atoms with van der Waals surface area (Å²) in [5, 5.41) is 4.95. The van der Waals surface area contributed by atoms with Crippen LogP contribution in [-0.2, 0) is 26.1 Å². The number of benzene rings is 1. The maximum Gasteiger partial charge on any atom is 0.244 e. The summed E-state index contributed by atoms with van der Waals surface area (Å²) < 4.78 is 47.3. The largest absolute Gasteiger partial charge is 0.373 e. The molecule has 3 rings (SSSR count). The number of hydrogen-bond acceptors (Lipinski definition) is 7. The van der Waals surface area contributed by atoms with Crippen molar-refractivity contribution in [3.63, 3.8) is 0 Å².